The summed E-state index contributed by atoms with van der Waals surface area (Å²) < 4.78 is 1.85. The predicted molar refractivity (Wildman–Crippen MR) is 86.3 cm³/mol. The van der Waals surface area contributed by atoms with Crippen LogP contribution in [-0.2, 0) is 4.79 Å². The minimum Gasteiger partial charge on any atom is -0.309 e. The molecule has 0 radical (unpaired) electrons. The SMILES string of the molecule is Cc1nc2ccc(Cl)cn2c1NC(=O)C1CCCN1C1CC1. The molecule has 22 heavy (non-hydrogen) atoms. The Morgan fingerprint density at radius 3 is 2.95 bits per heavy atom. The molecule has 2 aromatic heterocycles. The van der Waals surface area contributed by atoms with Gasteiger partial charge in [-0.1, -0.05) is 11.6 Å². The highest BCUT2D eigenvalue weighted by Gasteiger charge is 2.40. The average molecular weight is 319 g/mol. The van der Waals surface area contributed by atoms with Crippen LogP contribution in [0, 0.1) is 6.92 Å². The molecule has 6 heteroatoms. The molecule has 1 N–H and O–H groups in total. The van der Waals surface area contributed by atoms with E-state index in [-0.39, 0.29) is 11.9 Å². The topological polar surface area (TPSA) is 49.6 Å². The van der Waals surface area contributed by atoms with Gasteiger partial charge in [-0.2, -0.15) is 0 Å². The fourth-order valence-electron chi connectivity index (χ4n) is 3.40. The van der Waals surface area contributed by atoms with Gasteiger partial charge >= 0.3 is 0 Å². The van der Waals surface area contributed by atoms with E-state index in [0.717, 1.165) is 36.5 Å². The molecule has 2 fully saturated rings. The highest BCUT2D eigenvalue weighted by molar-refractivity contribution is 6.30. The molecule has 1 atom stereocenters. The third-order valence-corrected chi connectivity index (χ3v) is 4.83. The standard InChI is InChI=1S/C16H19ClN4O/c1-10-15(21-9-11(17)4-7-14(21)18-10)19-16(22)13-3-2-8-20(13)12-5-6-12/h4,7,9,12-13H,2-3,5-6,8H2,1H3,(H,19,22). The Morgan fingerprint density at radius 1 is 1.36 bits per heavy atom. The minimum atomic E-state index is -0.00312. The van der Waals surface area contributed by atoms with Crippen LogP contribution in [0.25, 0.3) is 5.65 Å². The van der Waals surface area contributed by atoms with E-state index in [1.807, 2.05) is 17.4 Å². The van der Waals surface area contributed by atoms with Crippen molar-refractivity contribution in [3.63, 3.8) is 0 Å². The summed E-state index contributed by atoms with van der Waals surface area (Å²) in [5, 5.41) is 3.70. The zero-order valence-corrected chi connectivity index (χ0v) is 13.3. The van der Waals surface area contributed by atoms with Gasteiger partial charge < -0.3 is 5.32 Å². The Kier molecular flexibility index (Phi) is 3.35. The van der Waals surface area contributed by atoms with Gasteiger partial charge in [0.2, 0.25) is 5.91 Å². The molecule has 0 spiro atoms. The summed E-state index contributed by atoms with van der Waals surface area (Å²) >= 11 is 6.07. The van der Waals surface area contributed by atoms with E-state index < -0.39 is 0 Å². The number of carbonyl (C=O) groups is 1. The number of pyridine rings is 1. The van der Waals surface area contributed by atoms with Crippen molar-refractivity contribution in [2.75, 3.05) is 11.9 Å². The molecule has 1 saturated heterocycles. The normalized spacial score (nSPS) is 22.4. The van der Waals surface area contributed by atoms with Crippen molar-refractivity contribution in [2.45, 2.75) is 44.7 Å². The Morgan fingerprint density at radius 2 is 2.18 bits per heavy atom. The van der Waals surface area contributed by atoms with Gasteiger partial charge in [0, 0.05) is 12.2 Å². The fourth-order valence-corrected chi connectivity index (χ4v) is 3.56. The number of carbonyl (C=O) groups excluding carboxylic acids is 1. The molecule has 116 valence electrons. The number of anilines is 1. The van der Waals surface area contributed by atoms with E-state index in [9.17, 15) is 4.79 Å². The number of likely N-dealkylation sites (tertiary alicyclic amines) is 1. The van der Waals surface area contributed by atoms with Crippen LogP contribution in [0.2, 0.25) is 5.02 Å². The maximum Gasteiger partial charge on any atom is 0.242 e. The van der Waals surface area contributed by atoms with Crippen molar-refractivity contribution in [3.05, 3.63) is 29.0 Å². The van der Waals surface area contributed by atoms with E-state index in [2.05, 4.69) is 15.2 Å². The van der Waals surface area contributed by atoms with Crippen molar-refractivity contribution < 1.29 is 4.79 Å². The lowest BCUT2D eigenvalue weighted by atomic mass is 10.2. The summed E-state index contributed by atoms with van der Waals surface area (Å²) in [5.41, 5.74) is 1.61. The molecule has 0 bridgehead atoms. The Balaban J connectivity index is 1.61. The smallest absolute Gasteiger partial charge is 0.242 e. The van der Waals surface area contributed by atoms with Gasteiger partial charge in [0.15, 0.2) is 0 Å². The lowest BCUT2D eigenvalue weighted by Crippen LogP contribution is -2.41. The Bertz CT molecular complexity index is 737. The summed E-state index contributed by atoms with van der Waals surface area (Å²) in [4.78, 5) is 19.5. The summed E-state index contributed by atoms with van der Waals surface area (Å²) in [5.74, 6) is 0.805. The van der Waals surface area contributed by atoms with Crippen LogP contribution in [0.15, 0.2) is 18.3 Å². The Hall–Kier alpha value is -1.59. The molecular weight excluding hydrogens is 300 g/mol. The largest absolute Gasteiger partial charge is 0.309 e. The molecule has 1 saturated carbocycles. The van der Waals surface area contributed by atoms with Crippen molar-refractivity contribution in [3.8, 4) is 0 Å². The van der Waals surface area contributed by atoms with Gasteiger partial charge in [0.05, 0.1) is 16.8 Å². The van der Waals surface area contributed by atoms with Gasteiger partial charge in [0.25, 0.3) is 0 Å². The molecule has 1 aliphatic carbocycles. The first-order chi connectivity index (χ1) is 10.6. The van der Waals surface area contributed by atoms with Crippen molar-refractivity contribution >= 4 is 29.0 Å². The maximum absolute atomic E-state index is 12.7. The number of aromatic nitrogens is 2. The maximum atomic E-state index is 12.7. The number of rotatable bonds is 3. The molecule has 1 amide bonds. The van der Waals surface area contributed by atoms with Gasteiger partial charge in [-0.25, -0.2) is 4.98 Å². The van der Waals surface area contributed by atoms with Crippen LogP contribution in [0.5, 0.6) is 0 Å². The molecule has 3 heterocycles. The summed E-state index contributed by atoms with van der Waals surface area (Å²) in [6, 6.07) is 4.28. The molecule has 2 aliphatic rings. The van der Waals surface area contributed by atoms with Crippen molar-refractivity contribution in [2.24, 2.45) is 0 Å². The average Bonchev–Trinajstić information content (AvgIpc) is 3.14. The number of halogens is 1. The molecule has 0 aromatic carbocycles. The number of nitrogens with one attached hydrogen (secondary N) is 1. The first-order valence-corrected chi connectivity index (χ1v) is 8.22. The van der Waals surface area contributed by atoms with Crippen LogP contribution < -0.4 is 5.32 Å². The molecule has 2 aromatic rings. The van der Waals surface area contributed by atoms with Gasteiger partial charge in [-0.05, 0) is 51.3 Å². The fraction of sp³-hybridized carbons (Fsp3) is 0.500. The summed E-state index contributed by atoms with van der Waals surface area (Å²) in [6.07, 6.45) is 6.30. The number of nitrogens with zero attached hydrogens (tertiary/aromatic N) is 3. The van der Waals surface area contributed by atoms with Gasteiger partial charge in [-0.15, -0.1) is 0 Å². The number of hydrogen-bond acceptors (Lipinski definition) is 3. The number of fused-ring (bicyclic) bond motifs is 1. The highest BCUT2D eigenvalue weighted by atomic mass is 35.5. The van der Waals surface area contributed by atoms with Crippen molar-refractivity contribution in [1.82, 2.24) is 14.3 Å². The number of imidazole rings is 1. The predicted octanol–water partition coefficient (Wildman–Crippen LogP) is 2.86. The molecule has 1 aliphatic heterocycles. The van der Waals surface area contributed by atoms with Crippen LogP contribution in [0.3, 0.4) is 0 Å². The third-order valence-electron chi connectivity index (χ3n) is 4.61. The van der Waals surface area contributed by atoms with E-state index >= 15 is 0 Å². The second-order valence-electron chi connectivity index (χ2n) is 6.24. The Labute approximate surface area is 134 Å². The minimum absolute atomic E-state index is 0.00312. The van der Waals surface area contributed by atoms with Gasteiger partial charge in [0.1, 0.15) is 11.5 Å². The third kappa shape index (κ3) is 2.38. The summed E-state index contributed by atoms with van der Waals surface area (Å²) in [6.45, 7) is 2.95. The van der Waals surface area contributed by atoms with Crippen LogP contribution in [-0.4, -0.2) is 38.8 Å². The number of amides is 1. The molecule has 4 rings (SSSR count). The van der Waals surface area contributed by atoms with E-state index in [1.165, 1.54) is 12.8 Å². The second kappa shape index (κ2) is 5.25. The van der Waals surface area contributed by atoms with E-state index in [4.69, 9.17) is 11.6 Å². The van der Waals surface area contributed by atoms with E-state index in [0.29, 0.717) is 11.1 Å². The lowest BCUT2D eigenvalue weighted by Gasteiger charge is -2.23. The molecule has 5 nitrogen and oxygen atoms in total. The van der Waals surface area contributed by atoms with E-state index in [1.54, 1.807) is 12.3 Å². The zero-order valence-electron chi connectivity index (χ0n) is 12.6. The summed E-state index contributed by atoms with van der Waals surface area (Å²) in [7, 11) is 0. The monoisotopic (exact) mass is 318 g/mol. The number of hydrogen-bond donors (Lipinski definition) is 1. The van der Waals surface area contributed by atoms with Crippen LogP contribution in [0.4, 0.5) is 5.82 Å². The second-order valence-corrected chi connectivity index (χ2v) is 6.67. The molecule has 1 unspecified atom stereocenters. The first-order valence-electron chi connectivity index (χ1n) is 7.84. The first kappa shape index (κ1) is 14.0. The highest BCUT2D eigenvalue weighted by Crippen LogP contribution is 2.34. The van der Waals surface area contributed by atoms with Crippen LogP contribution >= 0.6 is 11.6 Å². The van der Waals surface area contributed by atoms with Crippen molar-refractivity contribution in [1.29, 1.82) is 0 Å². The molecular formula is C16H19ClN4O. The number of aryl methyl sites for hydroxylation is 1. The van der Waals surface area contributed by atoms with Gasteiger partial charge in [-0.3, -0.25) is 14.1 Å². The van der Waals surface area contributed by atoms with Crippen LogP contribution in [0.1, 0.15) is 31.4 Å². The quantitative estimate of drug-likeness (QED) is 0.946. The lowest BCUT2D eigenvalue weighted by molar-refractivity contribution is -0.120. The zero-order chi connectivity index (χ0) is 15.3.